The lowest BCUT2D eigenvalue weighted by Crippen LogP contribution is -2.48. The Labute approximate surface area is 174 Å². The van der Waals surface area contributed by atoms with E-state index in [1.54, 1.807) is 68.4 Å². The van der Waals surface area contributed by atoms with Crippen LogP contribution in [0.3, 0.4) is 0 Å². The minimum absolute atomic E-state index is 0.278. The summed E-state index contributed by atoms with van der Waals surface area (Å²) in [6.07, 6.45) is 0. The first-order valence-electron chi connectivity index (χ1n) is 9.30. The quantitative estimate of drug-likeness (QED) is 0.408. The largest absolute Gasteiger partial charge is 0.454 e. The van der Waals surface area contributed by atoms with Gasteiger partial charge in [-0.2, -0.15) is 0 Å². The summed E-state index contributed by atoms with van der Waals surface area (Å²) in [6.45, 7) is 2.85. The highest BCUT2D eigenvalue weighted by Gasteiger charge is 2.26. The molecule has 0 aliphatic heterocycles. The normalized spacial score (nSPS) is 11.2. The van der Waals surface area contributed by atoms with E-state index < -0.39 is 36.5 Å². The van der Waals surface area contributed by atoms with Crippen molar-refractivity contribution < 1.29 is 23.9 Å². The third kappa shape index (κ3) is 7.27. The van der Waals surface area contributed by atoms with E-state index in [2.05, 4.69) is 21.5 Å². The Morgan fingerprint density at radius 1 is 0.867 bits per heavy atom. The van der Waals surface area contributed by atoms with Gasteiger partial charge in [-0.15, -0.1) is 0 Å². The fraction of sp³-hybridized carbons (Fsp3) is 0.238. The summed E-state index contributed by atoms with van der Waals surface area (Å²) in [7, 11) is 0. The summed E-state index contributed by atoms with van der Waals surface area (Å²) in [5, 5.41) is 5.14. The molecule has 1 atom stereocenters. The Kier molecular flexibility index (Phi) is 8.37. The summed E-state index contributed by atoms with van der Waals surface area (Å²) in [5.74, 6) is -2.27. The van der Waals surface area contributed by atoms with Crippen molar-refractivity contribution in [2.75, 3.05) is 11.9 Å². The number of benzene rings is 2. The van der Waals surface area contributed by atoms with Crippen LogP contribution in [-0.2, 0) is 14.3 Å². The summed E-state index contributed by atoms with van der Waals surface area (Å²) in [5.41, 5.74) is 5.32. The molecule has 0 aromatic heterocycles. The van der Waals surface area contributed by atoms with Crippen molar-refractivity contribution in [2.24, 2.45) is 5.92 Å². The Hall–Kier alpha value is -3.88. The fourth-order valence-electron chi connectivity index (χ4n) is 2.38. The molecule has 9 heteroatoms. The van der Waals surface area contributed by atoms with Crippen molar-refractivity contribution in [3.63, 3.8) is 0 Å². The third-order valence-corrected chi connectivity index (χ3v) is 3.94. The molecule has 0 saturated heterocycles. The second-order valence-corrected chi connectivity index (χ2v) is 6.66. The van der Waals surface area contributed by atoms with Crippen LogP contribution in [-0.4, -0.2) is 36.5 Å². The Balaban J connectivity index is 1.79. The molecule has 9 nitrogen and oxygen atoms in total. The highest BCUT2D eigenvalue weighted by molar-refractivity contribution is 5.96. The molecule has 0 aliphatic carbocycles. The topological polar surface area (TPSA) is 126 Å². The molecule has 0 aliphatic rings. The number of hydrogen-bond donors (Lipinski definition) is 4. The Morgan fingerprint density at radius 3 is 2.07 bits per heavy atom. The molecular formula is C21H24N4O5. The number of hydrazine groups is 1. The number of hydrogen-bond acceptors (Lipinski definition) is 5. The van der Waals surface area contributed by atoms with E-state index in [9.17, 15) is 19.2 Å². The number of urea groups is 1. The number of amides is 4. The lowest BCUT2D eigenvalue weighted by atomic mass is 10.1. The van der Waals surface area contributed by atoms with Crippen LogP contribution in [0.1, 0.15) is 24.2 Å². The molecule has 2 aromatic carbocycles. The van der Waals surface area contributed by atoms with Gasteiger partial charge in [-0.25, -0.2) is 9.59 Å². The molecule has 0 bridgehead atoms. The number of carbonyl (C=O) groups excluding carboxylic acids is 4. The molecule has 4 amide bonds. The standard InChI is InChI=1S/C21H24N4O5/c1-14(2)18(23-21(29)22-16-11-7-4-8-12-16)20(28)30-13-17(26)24-25-19(27)15-9-5-3-6-10-15/h3-12,14,18H,13H2,1-2H3,(H,24,26)(H,25,27)(H2,22,23,29)/t18-/m1/s1. The average molecular weight is 412 g/mol. The van der Waals surface area contributed by atoms with Crippen LogP contribution >= 0.6 is 0 Å². The molecule has 0 radical (unpaired) electrons. The maximum Gasteiger partial charge on any atom is 0.329 e. The van der Waals surface area contributed by atoms with Crippen LogP contribution in [0.25, 0.3) is 0 Å². The number of nitrogens with one attached hydrogen (secondary N) is 4. The van der Waals surface area contributed by atoms with Gasteiger partial charge in [0.2, 0.25) is 0 Å². The van der Waals surface area contributed by atoms with E-state index in [1.807, 2.05) is 6.07 Å². The average Bonchev–Trinajstić information content (AvgIpc) is 2.75. The second-order valence-electron chi connectivity index (χ2n) is 6.66. The van der Waals surface area contributed by atoms with Crippen molar-refractivity contribution in [3.8, 4) is 0 Å². The van der Waals surface area contributed by atoms with E-state index in [0.717, 1.165) is 0 Å². The van der Waals surface area contributed by atoms with Crippen LogP contribution in [0, 0.1) is 5.92 Å². The number of carbonyl (C=O) groups is 4. The first-order valence-corrected chi connectivity index (χ1v) is 9.30. The lowest BCUT2D eigenvalue weighted by molar-refractivity contribution is -0.151. The van der Waals surface area contributed by atoms with Gasteiger partial charge in [0.1, 0.15) is 6.04 Å². The van der Waals surface area contributed by atoms with E-state index in [-0.39, 0.29) is 5.92 Å². The number of anilines is 1. The predicted octanol–water partition coefficient (Wildman–Crippen LogP) is 1.84. The molecule has 0 saturated carbocycles. The van der Waals surface area contributed by atoms with Crippen LogP contribution < -0.4 is 21.5 Å². The molecule has 2 rings (SSSR count). The molecule has 158 valence electrons. The molecule has 0 spiro atoms. The van der Waals surface area contributed by atoms with Crippen molar-refractivity contribution in [1.29, 1.82) is 0 Å². The molecule has 30 heavy (non-hydrogen) atoms. The number of ether oxygens (including phenoxy) is 1. The predicted molar refractivity (Wildman–Crippen MR) is 110 cm³/mol. The SMILES string of the molecule is CC(C)[C@@H](NC(=O)Nc1ccccc1)C(=O)OCC(=O)NNC(=O)c1ccccc1. The smallest absolute Gasteiger partial charge is 0.329 e. The van der Waals surface area contributed by atoms with Crippen molar-refractivity contribution in [2.45, 2.75) is 19.9 Å². The van der Waals surface area contributed by atoms with Crippen LogP contribution in [0.15, 0.2) is 60.7 Å². The molecule has 4 N–H and O–H groups in total. The van der Waals surface area contributed by atoms with Crippen molar-refractivity contribution in [3.05, 3.63) is 66.2 Å². The first-order chi connectivity index (χ1) is 14.4. The second kappa shape index (κ2) is 11.2. The fourth-order valence-corrected chi connectivity index (χ4v) is 2.38. The van der Waals surface area contributed by atoms with E-state index in [0.29, 0.717) is 11.3 Å². The number of esters is 1. The highest BCUT2D eigenvalue weighted by atomic mass is 16.5. The first kappa shape index (κ1) is 22.4. The number of rotatable bonds is 7. The zero-order valence-electron chi connectivity index (χ0n) is 16.7. The lowest BCUT2D eigenvalue weighted by Gasteiger charge is -2.21. The van der Waals surface area contributed by atoms with Crippen LogP contribution in [0.4, 0.5) is 10.5 Å². The zero-order valence-corrected chi connectivity index (χ0v) is 16.7. The van der Waals surface area contributed by atoms with Crippen molar-refractivity contribution in [1.82, 2.24) is 16.2 Å². The zero-order chi connectivity index (χ0) is 21.9. The van der Waals surface area contributed by atoms with Crippen LogP contribution in [0.2, 0.25) is 0 Å². The van der Waals surface area contributed by atoms with Crippen LogP contribution in [0.5, 0.6) is 0 Å². The Morgan fingerprint density at radius 2 is 1.47 bits per heavy atom. The molecule has 0 fully saturated rings. The van der Waals surface area contributed by atoms with Crippen molar-refractivity contribution >= 4 is 29.5 Å². The molecule has 0 heterocycles. The third-order valence-electron chi connectivity index (χ3n) is 3.94. The maximum absolute atomic E-state index is 12.3. The molecular weight excluding hydrogens is 388 g/mol. The summed E-state index contributed by atoms with van der Waals surface area (Å²) in [6, 6.07) is 15.5. The van der Waals surface area contributed by atoms with E-state index in [4.69, 9.17) is 4.74 Å². The van der Waals surface area contributed by atoms with E-state index in [1.165, 1.54) is 0 Å². The van der Waals surface area contributed by atoms with Gasteiger partial charge < -0.3 is 15.4 Å². The van der Waals surface area contributed by atoms with Gasteiger partial charge in [-0.05, 0) is 30.2 Å². The van der Waals surface area contributed by atoms with E-state index >= 15 is 0 Å². The van der Waals surface area contributed by atoms with Gasteiger partial charge in [0.25, 0.3) is 11.8 Å². The number of para-hydroxylation sites is 1. The van der Waals surface area contributed by atoms with Gasteiger partial charge >= 0.3 is 12.0 Å². The highest BCUT2D eigenvalue weighted by Crippen LogP contribution is 2.07. The van der Waals surface area contributed by atoms with Gasteiger partial charge in [0, 0.05) is 11.3 Å². The summed E-state index contributed by atoms with van der Waals surface area (Å²) >= 11 is 0. The minimum atomic E-state index is -0.958. The maximum atomic E-state index is 12.3. The Bertz CT molecular complexity index is 871. The van der Waals surface area contributed by atoms with Gasteiger partial charge in [0.05, 0.1) is 0 Å². The summed E-state index contributed by atoms with van der Waals surface area (Å²) < 4.78 is 4.97. The van der Waals surface area contributed by atoms with Gasteiger partial charge in [0.15, 0.2) is 6.61 Å². The van der Waals surface area contributed by atoms with Gasteiger partial charge in [-0.3, -0.25) is 20.4 Å². The molecule has 2 aromatic rings. The van der Waals surface area contributed by atoms with Gasteiger partial charge in [-0.1, -0.05) is 50.2 Å². The minimum Gasteiger partial charge on any atom is -0.454 e. The monoisotopic (exact) mass is 412 g/mol. The molecule has 0 unspecified atom stereocenters. The summed E-state index contributed by atoms with van der Waals surface area (Å²) in [4.78, 5) is 48.1.